The van der Waals surface area contributed by atoms with Crippen molar-refractivity contribution in [3.05, 3.63) is 51.8 Å². The SMILES string of the molecule is Cc1c(-c2cc3[nH]c(=O)n(C4CCC(NC(C)C)CC4)c3cc2C(C)C)cn2ncnc2c1C. The Balaban J connectivity index is 1.60. The first-order chi connectivity index (χ1) is 16.2. The summed E-state index contributed by atoms with van der Waals surface area (Å²) in [6.45, 7) is 13.1. The van der Waals surface area contributed by atoms with Gasteiger partial charge >= 0.3 is 5.69 Å². The fraction of sp³-hybridized carbons (Fsp3) is 0.519. The Labute approximate surface area is 200 Å². The standard InChI is InChI=1S/C27H36N6O/c1-15(2)21-12-25-24(11-22(21)23-13-32-26(28-14-29-32)18(6)17(23)5)31-27(34)33(25)20-9-7-19(8-10-20)30-16(3)4/h11-16,19-20,30H,7-10H2,1-6H3,(H,31,34). The van der Waals surface area contributed by atoms with Crippen LogP contribution in [0.5, 0.6) is 0 Å². The Bertz CT molecular complexity index is 1400. The molecule has 0 saturated heterocycles. The molecule has 5 rings (SSSR count). The zero-order chi connectivity index (χ0) is 24.1. The van der Waals surface area contributed by atoms with E-state index >= 15 is 0 Å². The number of hydrogen-bond acceptors (Lipinski definition) is 4. The monoisotopic (exact) mass is 460 g/mol. The Kier molecular flexibility index (Phi) is 5.84. The van der Waals surface area contributed by atoms with Gasteiger partial charge in [0.15, 0.2) is 5.65 Å². The lowest BCUT2D eigenvalue weighted by molar-refractivity contribution is 0.281. The van der Waals surface area contributed by atoms with Gasteiger partial charge in [-0.15, -0.1) is 0 Å². The summed E-state index contributed by atoms with van der Waals surface area (Å²) in [6, 6.07) is 5.69. The maximum absolute atomic E-state index is 13.2. The summed E-state index contributed by atoms with van der Waals surface area (Å²) in [5.41, 5.74) is 8.67. The average Bonchev–Trinajstić information content (AvgIpc) is 3.39. The lowest BCUT2D eigenvalue weighted by Gasteiger charge is -2.31. The van der Waals surface area contributed by atoms with Crippen LogP contribution in [0.4, 0.5) is 0 Å². The van der Waals surface area contributed by atoms with Gasteiger partial charge in [-0.25, -0.2) is 14.3 Å². The fourth-order valence-corrected chi connectivity index (χ4v) is 5.71. The van der Waals surface area contributed by atoms with Gasteiger partial charge in [-0.3, -0.25) is 4.57 Å². The quantitative estimate of drug-likeness (QED) is 0.426. The smallest absolute Gasteiger partial charge is 0.312 e. The highest BCUT2D eigenvalue weighted by Gasteiger charge is 2.26. The molecule has 4 aromatic rings. The highest BCUT2D eigenvalue weighted by molar-refractivity contribution is 5.86. The number of aryl methyl sites for hydroxylation is 1. The molecule has 34 heavy (non-hydrogen) atoms. The first-order valence-electron chi connectivity index (χ1n) is 12.6. The Morgan fingerprint density at radius 3 is 2.44 bits per heavy atom. The van der Waals surface area contributed by atoms with Gasteiger partial charge in [0.2, 0.25) is 0 Å². The van der Waals surface area contributed by atoms with Crippen molar-refractivity contribution in [2.24, 2.45) is 0 Å². The molecule has 0 bridgehead atoms. The molecule has 1 fully saturated rings. The second-order valence-corrected chi connectivity index (χ2v) is 10.6. The fourth-order valence-electron chi connectivity index (χ4n) is 5.71. The van der Waals surface area contributed by atoms with Gasteiger partial charge < -0.3 is 10.3 Å². The van der Waals surface area contributed by atoms with Crippen molar-refractivity contribution in [3.63, 3.8) is 0 Å². The van der Waals surface area contributed by atoms with E-state index in [1.54, 1.807) is 6.33 Å². The van der Waals surface area contributed by atoms with Crippen LogP contribution in [-0.2, 0) is 0 Å². The minimum absolute atomic E-state index is 0.00163. The molecule has 0 radical (unpaired) electrons. The predicted molar refractivity (Wildman–Crippen MR) is 138 cm³/mol. The van der Waals surface area contributed by atoms with Crippen molar-refractivity contribution in [2.45, 2.75) is 91.3 Å². The van der Waals surface area contributed by atoms with E-state index in [1.807, 2.05) is 9.08 Å². The van der Waals surface area contributed by atoms with Gasteiger partial charge in [0.25, 0.3) is 0 Å². The normalized spacial score (nSPS) is 19.2. The Morgan fingerprint density at radius 2 is 1.76 bits per heavy atom. The van der Waals surface area contributed by atoms with Crippen LogP contribution in [0, 0.1) is 13.8 Å². The summed E-state index contributed by atoms with van der Waals surface area (Å²) < 4.78 is 3.87. The van der Waals surface area contributed by atoms with E-state index in [4.69, 9.17) is 0 Å². The number of aromatic nitrogens is 5. The second-order valence-electron chi connectivity index (χ2n) is 10.6. The molecule has 3 heterocycles. The number of nitrogens with zero attached hydrogens (tertiary/aromatic N) is 4. The number of benzene rings is 1. The molecular weight excluding hydrogens is 424 g/mol. The molecule has 0 amide bonds. The summed E-state index contributed by atoms with van der Waals surface area (Å²) >= 11 is 0. The van der Waals surface area contributed by atoms with Crippen LogP contribution in [0.15, 0.2) is 29.5 Å². The van der Waals surface area contributed by atoms with Crippen molar-refractivity contribution in [1.82, 2.24) is 29.5 Å². The third-order valence-corrected chi connectivity index (χ3v) is 7.56. The number of H-pyrrole nitrogens is 1. The number of fused-ring (bicyclic) bond motifs is 2. The second kappa shape index (κ2) is 8.69. The highest BCUT2D eigenvalue weighted by atomic mass is 16.1. The van der Waals surface area contributed by atoms with Crippen LogP contribution in [0.3, 0.4) is 0 Å². The first-order valence-corrected chi connectivity index (χ1v) is 12.6. The lowest BCUT2D eigenvalue weighted by Crippen LogP contribution is -2.38. The number of aromatic amines is 1. The van der Waals surface area contributed by atoms with Crippen molar-refractivity contribution < 1.29 is 0 Å². The minimum atomic E-state index is 0.00163. The molecule has 0 aliphatic heterocycles. The van der Waals surface area contributed by atoms with Gasteiger partial charge in [-0.05, 0) is 79.8 Å². The zero-order valence-corrected chi connectivity index (χ0v) is 21.1. The number of pyridine rings is 1. The molecule has 0 unspecified atom stereocenters. The minimum Gasteiger partial charge on any atom is -0.312 e. The summed E-state index contributed by atoms with van der Waals surface area (Å²) in [5, 5.41) is 8.05. The van der Waals surface area contributed by atoms with E-state index in [-0.39, 0.29) is 11.7 Å². The molecule has 1 aromatic carbocycles. The van der Waals surface area contributed by atoms with Crippen molar-refractivity contribution in [3.8, 4) is 11.1 Å². The third-order valence-electron chi connectivity index (χ3n) is 7.56. The van der Waals surface area contributed by atoms with E-state index in [1.165, 1.54) is 11.1 Å². The van der Waals surface area contributed by atoms with E-state index in [9.17, 15) is 4.79 Å². The van der Waals surface area contributed by atoms with Gasteiger partial charge in [-0.2, -0.15) is 5.10 Å². The van der Waals surface area contributed by atoms with E-state index in [0.717, 1.165) is 59.1 Å². The van der Waals surface area contributed by atoms with Crippen LogP contribution in [-0.4, -0.2) is 36.2 Å². The topological polar surface area (TPSA) is 80.0 Å². The molecule has 180 valence electrons. The molecule has 1 aliphatic carbocycles. The van der Waals surface area contributed by atoms with Crippen molar-refractivity contribution >= 4 is 16.7 Å². The maximum atomic E-state index is 13.2. The molecule has 0 atom stereocenters. The largest absolute Gasteiger partial charge is 0.326 e. The molecule has 7 nitrogen and oxygen atoms in total. The molecule has 2 N–H and O–H groups in total. The summed E-state index contributed by atoms with van der Waals surface area (Å²) in [7, 11) is 0. The molecule has 1 aliphatic rings. The Hall–Kier alpha value is -2.93. The van der Waals surface area contributed by atoms with E-state index in [0.29, 0.717) is 18.0 Å². The number of rotatable bonds is 5. The van der Waals surface area contributed by atoms with Crippen molar-refractivity contribution in [1.29, 1.82) is 0 Å². The van der Waals surface area contributed by atoms with Gasteiger partial charge in [0.1, 0.15) is 6.33 Å². The van der Waals surface area contributed by atoms with Crippen molar-refractivity contribution in [2.75, 3.05) is 0 Å². The average molecular weight is 461 g/mol. The highest BCUT2D eigenvalue weighted by Crippen LogP contribution is 2.37. The van der Waals surface area contributed by atoms with Crippen LogP contribution in [0.25, 0.3) is 27.8 Å². The lowest BCUT2D eigenvalue weighted by atomic mass is 9.89. The van der Waals surface area contributed by atoms with Gasteiger partial charge in [0, 0.05) is 29.9 Å². The number of nitrogens with one attached hydrogen (secondary N) is 2. The van der Waals surface area contributed by atoms with Crippen LogP contribution in [0.1, 0.15) is 82.0 Å². The number of imidazole rings is 1. The summed E-state index contributed by atoms with van der Waals surface area (Å²) in [5.74, 6) is 0.315. The van der Waals surface area contributed by atoms with Gasteiger partial charge in [0.05, 0.1) is 11.0 Å². The molecule has 1 saturated carbocycles. The maximum Gasteiger partial charge on any atom is 0.326 e. The molecule has 7 heteroatoms. The van der Waals surface area contributed by atoms with Crippen LogP contribution in [0.2, 0.25) is 0 Å². The van der Waals surface area contributed by atoms with E-state index < -0.39 is 0 Å². The third kappa shape index (κ3) is 3.86. The summed E-state index contributed by atoms with van der Waals surface area (Å²) in [6.07, 6.45) is 7.92. The molecule has 3 aromatic heterocycles. The van der Waals surface area contributed by atoms with Gasteiger partial charge in [-0.1, -0.05) is 27.7 Å². The predicted octanol–water partition coefficient (Wildman–Crippen LogP) is 5.26. The first kappa shape index (κ1) is 22.8. The van der Waals surface area contributed by atoms with Crippen LogP contribution < -0.4 is 11.0 Å². The number of hydrogen-bond donors (Lipinski definition) is 2. The summed E-state index contributed by atoms with van der Waals surface area (Å²) in [4.78, 5) is 20.7. The molecular formula is C27H36N6O. The Morgan fingerprint density at radius 1 is 1.03 bits per heavy atom. The zero-order valence-electron chi connectivity index (χ0n) is 21.1. The molecule has 0 spiro atoms. The van der Waals surface area contributed by atoms with Crippen LogP contribution >= 0.6 is 0 Å². The van der Waals surface area contributed by atoms with E-state index in [2.05, 4.69) is 80.3 Å².